The van der Waals surface area contributed by atoms with Gasteiger partial charge in [-0.25, -0.2) is 0 Å². The summed E-state index contributed by atoms with van der Waals surface area (Å²) in [5, 5.41) is 12.2. The summed E-state index contributed by atoms with van der Waals surface area (Å²) in [6.45, 7) is 5.92. The maximum atomic E-state index is 11.4. The van der Waals surface area contributed by atoms with Crippen LogP contribution in [0.25, 0.3) is 0 Å². The Bertz CT molecular complexity index is 197. The van der Waals surface area contributed by atoms with Crippen LogP contribution in [0.15, 0.2) is 0 Å². The molecule has 2 atom stereocenters. The minimum Gasteiger partial charge on any atom is -0.392 e. The van der Waals surface area contributed by atoms with E-state index in [1.54, 1.807) is 0 Å². The number of nitrogens with one attached hydrogen (secondary N) is 1. The number of likely N-dealkylation sites (tertiary alicyclic amines) is 1. The van der Waals surface area contributed by atoms with Crippen molar-refractivity contribution in [2.45, 2.75) is 38.8 Å². The van der Waals surface area contributed by atoms with E-state index in [2.05, 4.69) is 5.32 Å². The summed E-state index contributed by atoms with van der Waals surface area (Å²) in [6, 6.07) is 0.245. The van der Waals surface area contributed by atoms with E-state index in [0.29, 0.717) is 13.1 Å². The van der Waals surface area contributed by atoms with Crippen molar-refractivity contribution in [1.29, 1.82) is 0 Å². The molecule has 0 aromatic heterocycles. The Morgan fingerprint density at radius 1 is 1.71 bits per heavy atom. The summed E-state index contributed by atoms with van der Waals surface area (Å²) in [5.41, 5.74) is 0. The highest BCUT2D eigenvalue weighted by Crippen LogP contribution is 2.07. The molecule has 0 bridgehead atoms. The van der Waals surface area contributed by atoms with Crippen molar-refractivity contribution in [1.82, 2.24) is 10.2 Å². The maximum Gasteiger partial charge on any atom is 0.234 e. The topological polar surface area (TPSA) is 52.6 Å². The van der Waals surface area contributed by atoms with Gasteiger partial charge in [0.1, 0.15) is 0 Å². The maximum absolute atomic E-state index is 11.4. The van der Waals surface area contributed by atoms with Crippen LogP contribution in [0, 0.1) is 0 Å². The Labute approximate surface area is 85.3 Å². The molecule has 1 aliphatic heterocycles. The van der Waals surface area contributed by atoms with E-state index in [9.17, 15) is 9.90 Å². The van der Waals surface area contributed by atoms with Gasteiger partial charge in [-0.15, -0.1) is 0 Å². The molecular formula is C10H20N2O2. The van der Waals surface area contributed by atoms with Crippen molar-refractivity contribution in [2.75, 3.05) is 19.6 Å². The lowest BCUT2D eigenvalue weighted by molar-refractivity contribution is -0.122. The van der Waals surface area contributed by atoms with Crippen molar-refractivity contribution in [3.63, 3.8) is 0 Å². The minimum absolute atomic E-state index is 0.0634. The summed E-state index contributed by atoms with van der Waals surface area (Å²) in [4.78, 5) is 13.4. The molecule has 14 heavy (non-hydrogen) atoms. The summed E-state index contributed by atoms with van der Waals surface area (Å²) in [7, 11) is 0. The quantitative estimate of drug-likeness (QED) is 0.670. The minimum atomic E-state index is -0.244. The molecule has 82 valence electrons. The van der Waals surface area contributed by atoms with Gasteiger partial charge in [-0.05, 0) is 19.8 Å². The third-order valence-corrected chi connectivity index (χ3v) is 2.63. The number of nitrogens with zero attached hydrogens (tertiary/aromatic N) is 1. The number of hydrogen-bond acceptors (Lipinski definition) is 3. The molecule has 1 aliphatic rings. The molecule has 1 saturated heterocycles. The average Bonchev–Trinajstić information content (AvgIpc) is 2.50. The zero-order chi connectivity index (χ0) is 10.6. The van der Waals surface area contributed by atoms with Crippen molar-refractivity contribution < 1.29 is 9.90 Å². The Kier molecular flexibility index (Phi) is 4.35. The number of aliphatic hydroxyl groups is 1. The van der Waals surface area contributed by atoms with Crippen LogP contribution in [-0.4, -0.2) is 47.7 Å². The molecule has 1 fully saturated rings. The third-order valence-electron chi connectivity index (χ3n) is 2.63. The Morgan fingerprint density at radius 2 is 2.43 bits per heavy atom. The van der Waals surface area contributed by atoms with Gasteiger partial charge in [0, 0.05) is 19.1 Å². The van der Waals surface area contributed by atoms with Crippen LogP contribution in [-0.2, 0) is 4.79 Å². The van der Waals surface area contributed by atoms with E-state index < -0.39 is 0 Å². The van der Waals surface area contributed by atoms with Crippen LogP contribution in [0.3, 0.4) is 0 Å². The number of amides is 1. The second kappa shape index (κ2) is 5.32. The second-order valence-corrected chi connectivity index (χ2v) is 4.05. The molecule has 0 aliphatic carbocycles. The Hall–Kier alpha value is -0.610. The van der Waals surface area contributed by atoms with Crippen molar-refractivity contribution in [3.05, 3.63) is 0 Å². The summed E-state index contributed by atoms with van der Waals surface area (Å²) >= 11 is 0. The molecular weight excluding hydrogens is 180 g/mol. The summed E-state index contributed by atoms with van der Waals surface area (Å²) in [6.07, 6.45) is 1.50. The molecule has 0 aromatic carbocycles. The SMILES string of the molecule is CC[C@H](C)NC(=O)CN1CC[C@@H](O)C1. The molecule has 0 unspecified atom stereocenters. The van der Waals surface area contributed by atoms with Gasteiger partial charge in [0.2, 0.25) is 5.91 Å². The van der Waals surface area contributed by atoms with Gasteiger partial charge in [0.05, 0.1) is 12.6 Å². The molecule has 1 amide bonds. The fraction of sp³-hybridized carbons (Fsp3) is 0.900. The smallest absolute Gasteiger partial charge is 0.234 e. The monoisotopic (exact) mass is 200 g/mol. The van der Waals surface area contributed by atoms with Crippen LogP contribution < -0.4 is 5.32 Å². The van der Waals surface area contributed by atoms with E-state index in [4.69, 9.17) is 0 Å². The van der Waals surface area contributed by atoms with Gasteiger partial charge < -0.3 is 10.4 Å². The third kappa shape index (κ3) is 3.64. The number of aliphatic hydroxyl groups excluding tert-OH is 1. The number of hydrogen-bond donors (Lipinski definition) is 2. The van der Waals surface area contributed by atoms with Crippen LogP contribution >= 0.6 is 0 Å². The molecule has 2 N–H and O–H groups in total. The second-order valence-electron chi connectivity index (χ2n) is 4.05. The largest absolute Gasteiger partial charge is 0.392 e. The standard InChI is InChI=1S/C10H20N2O2/c1-3-8(2)11-10(14)7-12-5-4-9(13)6-12/h8-9,13H,3-7H2,1-2H3,(H,11,14)/t8-,9+/m0/s1. The Balaban J connectivity index is 2.20. The first kappa shape index (κ1) is 11.5. The first-order valence-electron chi connectivity index (χ1n) is 5.31. The van der Waals surface area contributed by atoms with E-state index in [-0.39, 0.29) is 18.1 Å². The van der Waals surface area contributed by atoms with Crippen molar-refractivity contribution in [2.24, 2.45) is 0 Å². The predicted octanol–water partition coefficient (Wildman–Crippen LogP) is -0.0323. The van der Waals surface area contributed by atoms with Crippen molar-refractivity contribution in [3.8, 4) is 0 Å². The molecule has 1 rings (SSSR count). The van der Waals surface area contributed by atoms with E-state index in [1.807, 2.05) is 18.7 Å². The van der Waals surface area contributed by atoms with Crippen LogP contribution in [0.1, 0.15) is 26.7 Å². The lowest BCUT2D eigenvalue weighted by Gasteiger charge is -2.16. The molecule has 1 heterocycles. The Morgan fingerprint density at radius 3 is 2.93 bits per heavy atom. The van der Waals surface area contributed by atoms with Gasteiger partial charge in [-0.3, -0.25) is 9.69 Å². The average molecular weight is 200 g/mol. The number of carbonyl (C=O) groups is 1. The zero-order valence-corrected chi connectivity index (χ0v) is 8.99. The lowest BCUT2D eigenvalue weighted by atomic mass is 10.2. The number of carbonyl (C=O) groups excluding carboxylic acids is 1. The van der Waals surface area contributed by atoms with E-state index in [1.165, 1.54) is 0 Å². The van der Waals surface area contributed by atoms with Gasteiger partial charge in [-0.1, -0.05) is 6.92 Å². The van der Waals surface area contributed by atoms with Crippen LogP contribution in [0.5, 0.6) is 0 Å². The fourth-order valence-corrected chi connectivity index (χ4v) is 1.58. The molecule has 4 heteroatoms. The molecule has 0 saturated carbocycles. The zero-order valence-electron chi connectivity index (χ0n) is 8.99. The molecule has 0 radical (unpaired) electrons. The van der Waals surface area contributed by atoms with Crippen LogP contribution in [0.2, 0.25) is 0 Å². The lowest BCUT2D eigenvalue weighted by Crippen LogP contribution is -2.40. The first-order chi connectivity index (χ1) is 6.61. The van der Waals surface area contributed by atoms with Gasteiger partial charge >= 0.3 is 0 Å². The fourth-order valence-electron chi connectivity index (χ4n) is 1.58. The highest BCUT2D eigenvalue weighted by atomic mass is 16.3. The van der Waals surface area contributed by atoms with Gasteiger partial charge in [-0.2, -0.15) is 0 Å². The molecule has 0 spiro atoms. The highest BCUT2D eigenvalue weighted by molar-refractivity contribution is 5.78. The first-order valence-corrected chi connectivity index (χ1v) is 5.31. The van der Waals surface area contributed by atoms with E-state index >= 15 is 0 Å². The van der Waals surface area contributed by atoms with E-state index in [0.717, 1.165) is 19.4 Å². The number of β-amino-alcohol motifs (C(OH)–C–C–N with tert-alkyl or cyclic N) is 1. The van der Waals surface area contributed by atoms with Gasteiger partial charge in [0.15, 0.2) is 0 Å². The summed E-state index contributed by atoms with van der Waals surface area (Å²) < 4.78 is 0. The highest BCUT2D eigenvalue weighted by Gasteiger charge is 2.22. The molecule has 0 aromatic rings. The number of rotatable bonds is 4. The van der Waals surface area contributed by atoms with Crippen LogP contribution in [0.4, 0.5) is 0 Å². The normalized spacial score (nSPS) is 24.9. The van der Waals surface area contributed by atoms with Gasteiger partial charge in [0.25, 0.3) is 0 Å². The molecule has 4 nitrogen and oxygen atoms in total. The predicted molar refractivity (Wildman–Crippen MR) is 55.0 cm³/mol. The summed E-state index contributed by atoms with van der Waals surface area (Å²) in [5.74, 6) is 0.0634. The van der Waals surface area contributed by atoms with Crippen molar-refractivity contribution >= 4 is 5.91 Å².